The first-order valence-electron chi connectivity index (χ1n) is 16.3. The zero-order valence-electron chi connectivity index (χ0n) is 28.6. The van der Waals surface area contributed by atoms with Crippen molar-refractivity contribution >= 4 is 43.4 Å². The standard InChI is InChI=1S/C32H28NOS.C12H10N.Ir/c1-19-8-6-9-20(2)29(19)26-18-33-27(16-21(26)17-32(3,4)5)24-11-7-10-22-23-12-13-28-25(14-15-35-28)31(23)34-30(22)24;1-10-7-8-12(13-9-10)11-5-3-2-4-6-11;/h6-10,12-16,18H,17H2,1-5H3;2-5,7-9H,1H3;/q2*-1;. The van der Waals surface area contributed by atoms with Gasteiger partial charge in [-0.3, -0.25) is 0 Å². The fourth-order valence-electron chi connectivity index (χ4n) is 6.43. The van der Waals surface area contributed by atoms with Crippen LogP contribution in [-0.4, -0.2) is 9.97 Å². The summed E-state index contributed by atoms with van der Waals surface area (Å²) in [4.78, 5) is 9.30. The summed E-state index contributed by atoms with van der Waals surface area (Å²) in [6, 6.07) is 37.9. The molecule has 1 radical (unpaired) electrons. The van der Waals surface area contributed by atoms with Crippen LogP contribution >= 0.6 is 11.3 Å². The first-order valence-corrected chi connectivity index (χ1v) is 17.2. The molecule has 0 unspecified atom stereocenters. The quantitative estimate of drug-likeness (QED) is 0.166. The monoisotopic (exact) mass is 835 g/mol. The largest absolute Gasteiger partial charge is 0.500 e. The first kappa shape index (κ1) is 34.5. The molecule has 4 heterocycles. The zero-order chi connectivity index (χ0) is 33.4. The van der Waals surface area contributed by atoms with Crippen LogP contribution in [-0.2, 0) is 26.5 Å². The molecule has 0 spiro atoms. The molecule has 0 amide bonds. The number of hydrogen-bond acceptors (Lipinski definition) is 4. The molecule has 49 heavy (non-hydrogen) atoms. The number of rotatable bonds is 4. The van der Waals surface area contributed by atoms with Gasteiger partial charge in [-0.15, -0.1) is 65.4 Å². The number of thiophene rings is 1. The Morgan fingerprint density at radius 1 is 0.714 bits per heavy atom. The van der Waals surface area contributed by atoms with Crippen molar-refractivity contribution in [3.05, 3.63) is 143 Å². The van der Waals surface area contributed by atoms with E-state index in [0.717, 1.165) is 50.9 Å². The van der Waals surface area contributed by atoms with Crippen molar-refractivity contribution in [1.82, 2.24) is 9.97 Å². The molecule has 8 rings (SSSR count). The van der Waals surface area contributed by atoms with Crippen molar-refractivity contribution in [2.45, 2.75) is 48.0 Å². The fourth-order valence-corrected chi connectivity index (χ4v) is 7.21. The summed E-state index contributed by atoms with van der Waals surface area (Å²) in [6.07, 6.45) is 4.88. The van der Waals surface area contributed by atoms with Gasteiger partial charge in [0.1, 0.15) is 5.58 Å². The normalized spacial score (nSPS) is 11.4. The van der Waals surface area contributed by atoms with Gasteiger partial charge in [0.15, 0.2) is 0 Å². The molecule has 0 saturated heterocycles. The Balaban J connectivity index is 0.000000250. The van der Waals surface area contributed by atoms with E-state index in [1.165, 1.54) is 43.5 Å². The summed E-state index contributed by atoms with van der Waals surface area (Å²) in [5.74, 6) is 0. The Kier molecular flexibility index (Phi) is 9.99. The van der Waals surface area contributed by atoms with Crippen LogP contribution in [0, 0.1) is 38.3 Å². The Morgan fingerprint density at radius 2 is 1.49 bits per heavy atom. The number of aromatic nitrogens is 2. The van der Waals surface area contributed by atoms with E-state index in [1.54, 1.807) is 11.3 Å². The summed E-state index contributed by atoms with van der Waals surface area (Å²) in [5, 5.41) is 5.54. The molecule has 0 aliphatic carbocycles. The van der Waals surface area contributed by atoms with Gasteiger partial charge in [-0.05, 0) is 89.3 Å². The van der Waals surface area contributed by atoms with Gasteiger partial charge in [-0.2, -0.15) is 0 Å². The van der Waals surface area contributed by atoms with Crippen LogP contribution in [0.1, 0.15) is 43.0 Å². The smallest absolute Gasteiger partial charge is 0.129 e. The van der Waals surface area contributed by atoms with Crippen LogP contribution in [0.25, 0.3) is 65.7 Å². The van der Waals surface area contributed by atoms with Crippen molar-refractivity contribution in [1.29, 1.82) is 0 Å². The number of furan rings is 1. The molecule has 5 heteroatoms. The van der Waals surface area contributed by atoms with Gasteiger partial charge in [0.2, 0.25) is 0 Å². The Bertz CT molecular complexity index is 2360. The third-order valence-corrected chi connectivity index (χ3v) is 9.52. The molecule has 8 aromatic rings. The second-order valence-corrected chi connectivity index (χ2v) is 14.6. The molecule has 3 nitrogen and oxygen atoms in total. The summed E-state index contributed by atoms with van der Waals surface area (Å²) in [7, 11) is 0. The van der Waals surface area contributed by atoms with E-state index >= 15 is 0 Å². The van der Waals surface area contributed by atoms with E-state index in [4.69, 9.17) is 9.40 Å². The maximum Gasteiger partial charge on any atom is 0.129 e. The second kappa shape index (κ2) is 14.2. The van der Waals surface area contributed by atoms with Crippen LogP contribution in [0.2, 0.25) is 0 Å². The van der Waals surface area contributed by atoms with Gasteiger partial charge in [0.05, 0.1) is 5.58 Å². The zero-order valence-corrected chi connectivity index (χ0v) is 31.9. The van der Waals surface area contributed by atoms with Gasteiger partial charge >= 0.3 is 0 Å². The summed E-state index contributed by atoms with van der Waals surface area (Å²) >= 11 is 1.74. The average molecular weight is 835 g/mol. The van der Waals surface area contributed by atoms with Crippen molar-refractivity contribution in [3.8, 4) is 33.6 Å². The molecular weight excluding hydrogens is 797 g/mol. The van der Waals surface area contributed by atoms with Gasteiger partial charge in [-0.25, -0.2) is 0 Å². The van der Waals surface area contributed by atoms with E-state index < -0.39 is 0 Å². The molecule has 247 valence electrons. The van der Waals surface area contributed by atoms with Crippen molar-refractivity contribution in [2.24, 2.45) is 5.41 Å². The van der Waals surface area contributed by atoms with E-state index in [1.807, 2.05) is 49.5 Å². The van der Waals surface area contributed by atoms with E-state index in [0.29, 0.717) is 0 Å². The second-order valence-electron chi connectivity index (χ2n) is 13.7. The minimum atomic E-state index is 0. The topological polar surface area (TPSA) is 38.9 Å². The van der Waals surface area contributed by atoms with Crippen LogP contribution in [0.15, 0.2) is 113 Å². The van der Waals surface area contributed by atoms with Gasteiger partial charge in [0.25, 0.3) is 0 Å². The number of nitrogens with zero attached hydrogens (tertiary/aromatic N) is 2. The van der Waals surface area contributed by atoms with Crippen LogP contribution in [0.3, 0.4) is 0 Å². The molecular formula is C44H38IrN2OS-2. The number of hydrogen-bond donors (Lipinski definition) is 0. The van der Waals surface area contributed by atoms with E-state index in [2.05, 4.69) is 118 Å². The molecule has 0 saturated carbocycles. The predicted octanol–water partition coefficient (Wildman–Crippen LogP) is 12.4. The van der Waals surface area contributed by atoms with Crippen LogP contribution in [0.4, 0.5) is 0 Å². The van der Waals surface area contributed by atoms with Crippen molar-refractivity contribution < 1.29 is 24.5 Å². The predicted molar refractivity (Wildman–Crippen MR) is 202 cm³/mol. The minimum absolute atomic E-state index is 0. The molecule has 0 bridgehead atoms. The van der Waals surface area contributed by atoms with Crippen molar-refractivity contribution in [2.75, 3.05) is 0 Å². The SMILES string of the molecule is Cc1ccc(-c2[c-]cccc2)nc1.Cc1cccc(C)c1-c1cnc(-c2[c-]ccc3c2oc2c4ccsc4ccc32)cc1CC(C)(C)C.[Ir]. The molecule has 0 aliphatic heterocycles. The maximum atomic E-state index is 6.54. The molecule has 4 aromatic carbocycles. The van der Waals surface area contributed by atoms with Crippen LogP contribution in [0.5, 0.6) is 0 Å². The molecule has 0 aliphatic rings. The van der Waals surface area contributed by atoms with Gasteiger partial charge in [-0.1, -0.05) is 74.2 Å². The molecule has 0 atom stereocenters. The molecule has 4 aromatic heterocycles. The molecule has 0 fully saturated rings. The number of aryl methyl sites for hydroxylation is 3. The Morgan fingerprint density at radius 3 is 2.20 bits per heavy atom. The minimum Gasteiger partial charge on any atom is -0.500 e. The number of pyridine rings is 2. The Hall–Kier alpha value is -4.41. The fraction of sp³-hybridized carbons (Fsp3) is 0.182. The number of fused-ring (bicyclic) bond motifs is 5. The number of benzene rings is 4. The summed E-state index contributed by atoms with van der Waals surface area (Å²) in [5.41, 5.74) is 13.3. The van der Waals surface area contributed by atoms with Gasteiger partial charge in [0, 0.05) is 53.5 Å². The summed E-state index contributed by atoms with van der Waals surface area (Å²) < 4.78 is 7.78. The van der Waals surface area contributed by atoms with E-state index in [-0.39, 0.29) is 25.5 Å². The third kappa shape index (κ3) is 7.16. The average Bonchev–Trinajstić information content (AvgIpc) is 3.71. The van der Waals surface area contributed by atoms with Gasteiger partial charge < -0.3 is 14.4 Å². The molecule has 0 N–H and O–H groups in total. The van der Waals surface area contributed by atoms with E-state index in [9.17, 15) is 0 Å². The van der Waals surface area contributed by atoms with Crippen LogP contribution < -0.4 is 0 Å². The maximum absolute atomic E-state index is 6.54. The first-order chi connectivity index (χ1) is 23.2. The summed E-state index contributed by atoms with van der Waals surface area (Å²) in [6.45, 7) is 13.3. The third-order valence-electron chi connectivity index (χ3n) is 8.64. The Labute approximate surface area is 306 Å². The van der Waals surface area contributed by atoms with Crippen molar-refractivity contribution in [3.63, 3.8) is 0 Å².